The third-order valence-electron chi connectivity index (χ3n) is 10.7. The molecule has 0 saturated heterocycles. The average molecular weight is 911 g/mol. The van der Waals surface area contributed by atoms with Gasteiger partial charge in [0.1, 0.15) is 6.61 Å². The maximum absolute atomic E-state index is 12.8. The maximum Gasteiger partial charge on any atom is 0.306 e. The summed E-state index contributed by atoms with van der Waals surface area (Å²) in [6, 6.07) is 0. The molecule has 0 N–H and O–H groups in total. The van der Waals surface area contributed by atoms with Gasteiger partial charge in [-0.2, -0.15) is 0 Å². The molecule has 0 saturated carbocycles. The van der Waals surface area contributed by atoms with E-state index in [1.54, 1.807) is 0 Å². The van der Waals surface area contributed by atoms with Gasteiger partial charge >= 0.3 is 11.9 Å². The third kappa shape index (κ3) is 52.7. The Bertz CT molecular complexity index is 1400. The zero-order valence-corrected chi connectivity index (χ0v) is 42.7. The second kappa shape index (κ2) is 55.4. The lowest BCUT2D eigenvalue weighted by molar-refractivity contribution is -0.163. The van der Waals surface area contributed by atoms with Gasteiger partial charge in [-0.1, -0.05) is 206 Å². The van der Waals surface area contributed by atoms with Crippen molar-refractivity contribution in [1.29, 1.82) is 0 Å². The summed E-state index contributed by atoms with van der Waals surface area (Å²) in [5.41, 5.74) is 0. The lowest BCUT2D eigenvalue weighted by Crippen LogP contribution is -2.30. The van der Waals surface area contributed by atoms with Crippen LogP contribution in [0, 0.1) is 0 Å². The van der Waals surface area contributed by atoms with E-state index in [0.717, 1.165) is 148 Å². The minimum absolute atomic E-state index is 0.0457. The van der Waals surface area contributed by atoms with E-state index in [0.29, 0.717) is 19.4 Å². The molecule has 0 aliphatic carbocycles. The first-order valence-electron chi connectivity index (χ1n) is 26.7. The van der Waals surface area contributed by atoms with Crippen LogP contribution in [0.2, 0.25) is 0 Å². The van der Waals surface area contributed by atoms with Gasteiger partial charge in [-0.15, -0.1) is 0 Å². The molecule has 0 aliphatic heterocycles. The number of hydrogen-bond donors (Lipinski definition) is 0. The summed E-state index contributed by atoms with van der Waals surface area (Å²) in [5.74, 6) is -0.468. The molecule has 1 atom stereocenters. The highest BCUT2D eigenvalue weighted by Crippen LogP contribution is 2.13. The van der Waals surface area contributed by atoms with Gasteiger partial charge in [0.15, 0.2) is 6.10 Å². The van der Waals surface area contributed by atoms with Crippen molar-refractivity contribution in [3.63, 3.8) is 0 Å². The Balaban J connectivity index is 4.41. The normalized spacial score (nSPS) is 13.3. The molecule has 0 aromatic carbocycles. The minimum Gasteiger partial charge on any atom is -0.462 e. The van der Waals surface area contributed by atoms with Gasteiger partial charge in [-0.3, -0.25) is 9.59 Å². The van der Waals surface area contributed by atoms with Crippen LogP contribution in [0.25, 0.3) is 0 Å². The number of carbonyl (C=O) groups is 2. The van der Waals surface area contributed by atoms with E-state index in [4.69, 9.17) is 14.2 Å². The highest BCUT2D eigenvalue weighted by molar-refractivity contribution is 5.70. The monoisotopic (exact) mass is 911 g/mol. The van der Waals surface area contributed by atoms with E-state index in [-0.39, 0.29) is 25.2 Å². The van der Waals surface area contributed by atoms with E-state index >= 15 is 0 Å². The van der Waals surface area contributed by atoms with Gasteiger partial charge < -0.3 is 14.2 Å². The van der Waals surface area contributed by atoms with E-state index < -0.39 is 6.10 Å². The molecule has 5 nitrogen and oxygen atoms in total. The van der Waals surface area contributed by atoms with Gasteiger partial charge in [0.05, 0.1) is 6.61 Å². The fourth-order valence-corrected chi connectivity index (χ4v) is 6.80. The summed E-state index contributed by atoms with van der Waals surface area (Å²) in [6.45, 7) is 7.38. The SMILES string of the molecule is CC/C=C\C/C=C\C/C=C\C/C=C\C/C=C\CCCCCC(=O)OCC(COCCCCCC/C=C\C/C=C\C/C=C\CC)OC(=O)CCCCCCCCC/C=C\C/C=C\C/C=C\CC. The second-order valence-electron chi connectivity index (χ2n) is 17.0. The molecule has 372 valence electrons. The van der Waals surface area contributed by atoms with Crippen molar-refractivity contribution in [1.82, 2.24) is 0 Å². The van der Waals surface area contributed by atoms with E-state index in [1.807, 2.05) is 0 Å². The van der Waals surface area contributed by atoms with Crippen LogP contribution < -0.4 is 0 Å². The first-order valence-corrected chi connectivity index (χ1v) is 26.7. The minimum atomic E-state index is -0.577. The van der Waals surface area contributed by atoms with Gasteiger partial charge in [0, 0.05) is 19.4 Å². The largest absolute Gasteiger partial charge is 0.462 e. The predicted molar refractivity (Wildman–Crippen MR) is 288 cm³/mol. The number of esters is 2. The second-order valence-corrected chi connectivity index (χ2v) is 17.0. The molecule has 66 heavy (non-hydrogen) atoms. The number of allylic oxidation sites excluding steroid dienone is 22. The first-order chi connectivity index (χ1) is 32.6. The van der Waals surface area contributed by atoms with Crippen molar-refractivity contribution < 1.29 is 23.8 Å². The topological polar surface area (TPSA) is 61.8 Å². The quantitative estimate of drug-likeness (QED) is 0.0346. The summed E-state index contributed by atoms with van der Waals surface area (Å²) in [4.78, 5) is 25.5. The summed E-state index contributed by atoms with van der Waals surface area (Å²) in [6.07, 6.45) is 78.9. The van der Waals surface area contributed by atoms with Gasteiger partial charge in [0.2, 0.25) is 0 Å². The summed E-state index contributed by atoms with van der Waals surface area (Å²) in [5, 5.41) is 0. The van der Waals surface area contributed by atoms with Gasteiger partial charge in [0.25, 0.3) is 0 Å². The van der Waals surface area contributed by atoms with Crippen molar-refractivity contribution in [2.24, 2.45) is 0 Å². The van der Waals surface area contributed by atoms with Crippen molar-refractivity contribution in [3.8, 4) is 0 Å². The fourth-order valence-electron chi connectivity index (χ4n) is 6.80. The Morgan fingerprint density at radius 1 is 0.333 bits per heavy atom. The average Bonchev–Trinajstić information content (AvgIpc) is 3.32. The molecule has 0 spiro atoms. The lowest BCUT2D eigenvalue weighted by Gasteiger charge is -2.18. The van der Waals surface area contributed by atoms with Crippen LogP contribution in [0.3, 0.4) is 0 Å². The van der Waals surface area contributed by atoms with Crippen molar-refractivity contribution >= 4 is 11.9 Å². The van der Waals surface area contributed by atoms with Crippen LogP contribution in [0.5, 0.6) is 0 Å². The number of rotatable bonds is 47. The summed E-state index contributed by atoms with van der Waals surface area (Å²) in [7, 11) is 0. The zero-order valence-electron chi connectivity index (χ0n) is 42.7. The van der Waals surface area contributed by atoms with Crippen molar-refractivity contribution in [2.45, 2.75) is 219 Å². The van der Waals surface area contributed by atoms with E-state index in [1.165, 1.54) is 32.1 Å². The molecule has 1 unspecified atom stereocenters. The van der Waals surface area contributed by atoms with Gasteiger partial charge in [-0.05, 0) is 128 Å². The Morgan fingerprint density at radius 2 is 0.636 bits per heavy atom. The highest BCUT2D eigenvalue weighted by Gasteiger charge is 2.17. The summed E-state index contributed by atoms with van der Waals surface area (Å²) < 4.78 is 17.4. The Labute approximate surface area is 407 Å². The van der Waals surface area contributed by atoms with Crippen LogP contribution in [0.15, 0.2) is 134 Å². The standard InChI is InChI=1S/C61H98O5/c1-4-7-10-13-16-19-22-25-28-30-31-33-34-36-39-42-45-48-51-54-60(62)65-58-59(57-64-56-53-50-47-44-41-38-27-24-21-18-15-12-9-6-3)66-61(63)55-52-49-46-43-40-37-35-32-29-26-23-20-17-14-11-8-5-2/h7-12,16-21,25-29,31,33,36,38-39,59H,4-6,13-15,22-24,30,32,34-35,37,40-58H2,1-3H3/b10-7-,11-8-,12-9-,19-16-,20-17-,21-18-,28-25-,29-26-,33-31-,38-27-,39-36-. The van der Waals surface area contributed by atoms with Crippen LogP contribution in [-0.4, -0.2) is 37.9 Å². The molecule has 0 rings (SSSR count). The Kier molecular flexibility index (Phi) is 52.0. The maximum atomic E-state index is 12.8. The molecule has 0 radical (unpaired) electrons. The van der Waals surface area contributed by atoms with E-state index in [2.05, 4.69) is 154 Å². The molecular formula is C61H98O5. The molecule has 0 bridgehead atoms. The molecule has 0 aliphatic rings. The predicted octanol–water partition coefficient (Wildman–Crippen LogP) is 18.3. The number of ether oxygens (including phenoxy) is 3. The van der Waals surface area contributed by atoms with Crippen LogP contribution >= 0.6 is 0 Å². The zero-order chi connectivity index (χ0) is 47.7. The smallest absolute Gasteiger partial charge is 0.306 e. The molecule has 5 heteroatoms. The molecule has 0 amide bonds. The molecule has 0 aromatic heterocycles. The van der Waals surface area contributed by atoms with Crippen molar-refractivity contribution in [2.75, 3.05) is 19.8 Å². The molecule has 0 heterocycles. The molecular weight excluding hydrogens is 813 g/mol. The molecule has 0 aromatic rings. The number of hydrogen-bond acceptors (Lipinski definition) is 5. The first kappa shape index (κ1) is 62.0. The van der Waals surface area contributed by atoms with Crippen LogP contribution in [-0.2, 0) is 23.8 Å². The number of unbranched alkanes of at least 4 members (excludes halogenated alkanes) is 14. The molecule has 0 fully saturated rings. The lowest BCUT2D eigenvalue weighted by atomic mass is 10.1. The van der Waals surface area contributed by atoms with Gasteiger partial charge in [-0.25, -0.2) is 0 Å². The Hall–Kier alpha value is -3.96. The Morgan fingerprint density at radius 3 is 1.03 bits per heavy atom. The van der Waals surface area contributed by atoms with Crippen LogP contribution in [0.4, 0.5) is 0 Å². The number of carbonyl (C=O) groups excluding carboxylic acids is 2. The summed E-state index contributed by atoms with van der Waals surface area (Å²) >= 11 is 0. The van der Waals surface area contributed by atoms with Crippen LogP contribution in [0.1, 0.15) is 213 Å². The van der Waals surface area contributed by atoms with Crippen molar-refractivity contribution in [3.05, 3.63) is 134 Å². The fraction of sp³-hybridized carbons (Fsp3) is 0.607. The highest BCUT2D eigenvalue weighted by atomic mass is 16.6. The third-order valence-corrected chi connectivity index (χ3v) is 10.7. The van der Waals surface area contributed by atoms with E-state index in [9.17, 15) is 9.59 Å².